The molecule has 1 amide bonds. The first kappa shape index (κ1) is 15.9. The number of amides is 1. The van der Waals surface area contributed by atoms with Gasteiger partial charge in [0.15, 0.2) is 18.1 Å². The molecular formula is C16H12ClN3O4. The summed E-state index contributed by atoms with van der Waals surface area (Å²) in [5.41, 5.74) is 1.36. The van der Waals surface area contributed by atoms with Crippen LogP contribution in [-0.2, 0) is 9.53 Å². The zero-order valence-electron chi connectivity index (χ0n) is 12.5. The fourth-order valence-corrected chi connectivity index (χ4v) is 2.05. The molecule has 0 saturated heterocycles. The van der Waals surface area contributed by atoms with Crippen molar-refractivity contribution in [3.05, 3.63) is 53.5 Å². The first-order chi connectivity index (χ1) is 11.5. The number of nitrogens with one attached hydrogen (secondary N) is 1. The molecule has 0 aliphatic rings. The van der Waals surface area contributed by atoms with Crippen LogP contribution in [0.1, 0.15) is 17.3 Å². The van der Waals surface area contributed by atoms with Crippen LogP contribution in [0.2, 0.25) is 5.02 Å². The standard InChI is InChI=1S/C16H12ClN3O4/c1-9(15(21)20-14-5-3-11(17)7-18-14)24-16(22)10-2-4-12-13(6-10)23-8-19-12/h2-9H,1H3,(H,18,20,21). The number of halogens is 1. The highest BCUT2D eigenvalue weighted by molar-refractivity contribution is 6.30. The molecule has 0 fully saturated rings. The van der Waals surface area contributed by atoms with Crippen LogP contribution in [0.3, 0.4) is 0 Å². The third kappa shape index (κ3) is 3.52. The summed E-state index contributed by atoms with van der Waals surface area (Å²) in [5, 5.41) is 2.99. The van der Waals surface area contributed by atoms with Crippen LogP contribution < -0.4 is 5.32 Å². The number of anilines is 1. The smallest absolute Gasteiger partial charge is 0.339 e. The number of nitrogens with zero attached hydrogens (tertiary/aromatic N) is 2. The zero-order valence-corrected chi connectivity index (χ0v) is 13.3. The molecule has 1 atom stereocenters. The van der Waals surface area contributed by atoms with Gasteiger partial charge in [-0.2, -0.15) is 0 Å². The summed E-state index contributed by atoms with van der Waals surface area (Å²) in [6.07, 6.45) is 1.69. The van der Waals surface area contributed by atoms with Crippen LogP contribution in [0.5, 0.6) is 0 Å². The van der Waals surface area contributed by atoms with Crippen molar-refractivity contribution in [3.8, 4) is 0 Å². The van der Waals surface area contributed by atoms with E-state index in [4.69, 9.17) is 20.8 Å². The Balaban J connectivity index is 1.64. The van der Waals surface area contributed by atoms with Crippen LogP contribution in [-0.4, -0.2) is 27.9 Å². The number of aromatic nitrogens is 2. The number of carbonyl (C=O) groups excluding carboxylic acids is 2. The van der Waals surface area contributed by atoms with Crippen molar-refractivity contribution in [1.29, 1.82) is 0 Å². The van der Waals surface area contributed by atoms with Gasteiger partial charge in [0.05, 0.1) is 10.6 Å². The molecule has 1 N–H and O–H groups in total. The second-order valence-corrected chi connectivity index (χ2v) is 5.37. The van der Waals surface area contributed by atoms with Crippen molar-refractivity contribution in [2.24, 2.45) is 0 Å². The Bertz CT molecular complexity index is 892. The summed E-state index contributed by atoms with van der Waals surface area (Å²) in [7, 11) is 0. The molecule has 8 heteroatoms. The predicted octanol–water partition coefficient (Wildman–Crippen LogP) is 3.06. The van der Waals surface area contributed by atoms with Gasteiger partial charge in [-0.1, -0.05) is 11.6 Å². The van der Waals surface area contributed by atoms with Gasteiger partial charge in [0.25, 0.3) is 5.91 Å². The SMILES string of the molecule is CC(OC(=O)c1ccc2ncoc2c1)C(=O)Nc1ccc(Cl)cn1. The van der Waals surface area contributed by atoms with Gasteiger partial charge >= 0.3 is 5.97 Å². The first-order valence-corrected chi connectivity index (χ1v) is 7.37. The Morgan fingerprint density at radius 2 is 2.08 bits per heavy atom. The van der Waals surface area contributed by atoms with Crippen LogP contribution in [0.4, 0.5) is 5.82 Å². The quantitative estimate of drug-likeness (QED) is 0.730. The third-order valence-corrected chi connectivity index (χ3v) is 3.42. The number of hydrogen-bond donors (Lipinski definition) is 1. The summed E-state index contributed by atoms with van der Waals surface area (Å²) in [6, 6.07) is 7.84. The Labute approximate surface area is 141 Å². The first-order valence-electron chi connectivity index (χ1n) is 6.99. The molecule has 0 spiro atoms. The Morgan fingerprint density at radius 3 is 2.83 bits per heavy atom. The van der Waals surface area contributed by atoms with Crippen LogP contribution >= 0.6 is 11.6 Å². The van der Waals surface area contributed by atoms with E-state index in [1.54, 1.807) is 24.3 Å². The predicted molar refractivity (Wildman–Crippen MR) is 86.8 cm³/mol. The average molecular weight is 346 g/mol. The number of fused-ring (bicyclic) bond motifs is 1. The van der Waals surface area contributed by atoms with Crippen LogP contribution in [0.15, 0.2) is 47.3 Å². The molecule has 7 nitrogen and oxygen atoms in total. The van der Waals surface area contributed by atoms with Gasteiger partial charge in [0, 0.05) is 6.20 Å². The van der Waals surface area contributed by atoms with E-state index < -0.39 is 18.0 Å². The maximum absolute atomic E-state index is 12.1. The molecule has 0 aliphatic heterocycles. The van der Waals surface area contributed by atoms with Crippen molar-refractivity contribution in [2.45, 2.75) is 13.0 Å². The molecular weight excluding hydrogens is 334 g/mol. The van der Waals surface area contributed by atoms with Crippen molar-refractivity contribution >= 4 is 40.4 Å². The van der Waals surface area contributed by atoms with Gasteiger partial charge in [-0.15, -0.1) is 0 Å². The molecule has 2 heterocycles. The summed E-state index contributed by atoms with van der Waals surface area (Å²) >= 11 is 5.72. The number of rotatable bonds is 4. The second-order valence-electron chi connectivity index (χ2n) is 4.93. The third-order valence-electron chi connectivity index (χ3n) is 3.20. The Morgan fingerprint density at radius 1 is 1.25 bits per heavy atom. The van der Waals surface area contributed by atoms with Crippen molar-refractivity contribution < 1.29 is 18.7 Å². The van der Waals surface area contributed by atoms with E-state index in [0.717, 1.165) is 0 Å². The second kappa shape index (κ2) is 6.67. The highest BCUT2D eigenvalue weighted by Crippen LogP contribution is 2.16. The summed E-state index contributed by atoms with van der Waals surface area (Å²) < 4.78 is 10.3. The lowest BCUT2D eigenvalue weighted by molar-refractivity contribution is -0.123. The molecule has 0 radical (unpaired) electrons. The molecule has 0 aliphatic carbocycles. The van der Waals surface area contributed by atoms with E-state index in [2.05, 4.69) is 15.3 Å². The maximum Gasteiger partial charge on any atom is 0.339 e. The molecule has 0 bridgehead atoms. The lowest BCUT2D eigenvalue weighted by Crippen LogP contribution is -2.30. The number of hydrogen-bond acceptors (Lipinski definition) is 6. The lowest BCUT2D eigenvalue weighted by Gasteiger charge is -2.13. The maximum atomic E-state index is 12.1. The van der Waals surface area contributed by atoms with E-state index in [1.807, 2.05) is 0 Å². The van der Waals surface area contributed by atoms with E-state index in [-0.39, 0.29) is 5.56 Å². The number of carbonyl (C=O) groups is 2. The number of benzene rings is 1. The number of esters is 1. The largest absolute Gasteiger partial charge is 0.449 e. The van der Waals surface area contributed by atoms with E-state index in [9.17, 15) is 9.59 Å². The van der Waals surface area contributed by atoms with E-state index >= 15 is 0 Å². The molecule has 0 saturated carbocycles. The molecule has 24 heavy (non-hydrogen) atoms. The van der Waals surface area contributed by atoms with Gasteiger partial charge in [0.1, 0.15) is 11.3 Å². The summed E-state index contributed by atoms with van der Waals surface area (Å²) in [6.45, 7) is 1.47. The van der Waals surface area contributed by atoms with E-state index in [0.29, 0.717) is 21.9 Å². The molecule has 1 aromatic carbocycles. The Kier molecular flexibility index (Phi) is 4.43. The van der Waals surface area contributed by atoms with Gasteiger partial charge in [0.2, 0.25) is 0 Å². The van der Waals surface area contributed by atoms with Crippen LogP contribution in [0, 0.1) is 0 Å². The fourth-order valence-electron chi connectivity index (χ4n) is 1.94. The van der Waals surface area contributed by atoms with Crippen molar-refractivity contribution in [1.82, 2.24) is 9.97 Å². The molecule has 3 aromatic rings. The fraction of sp³-hybridized carbons (Fsp3) is 0.125. The van der Waals surface area contributed by atoms with Gasteiger partial charge in [-0.05, 0) is 37.3 Å². The highest BCUT2D eigenvalue weighted by Gasteiger charge is 2.20. The summed E-state index contributed by atoms with van der Waals surface area (Å²) in [5.74, 6) is -0.825. The lowest BCUT2D eigenvalue weighted by atomic mass is 10.2. The van der Waals surface area contributed by atoms with Crippen molar-refractivity contribution in [2.75, 3.05) is 5.32 Å². The number of ether oxygens (including phenoxy) is 1. The molecule has 1 unspecified atom stereocenters. The van der Waals surface area contributed by atoms with Gasteiger partial charge in [-0.25, -0.2) is 14.8 Å². The normalized spacial score (nSPS) is 11.9. The molecule has 122 valence electrons. The molecule has 2 aromatic heterocycles. The minimum atomic E-state index is -1.000. The van der Waals surface area contributed by atoms with Crippen molar-refractivity contribution in [3.63, 3.8) is 0 Å². The van der Waals surface area contributed by atoms with Crippen LogP contribution in [0.25, 0.3) is 11.1 Å². The topological polar surface area (TPSA) is 94.3 Å². The monoisotopic (exact) mass is 345 g/mol. The number of oxazole rings is 1. The van der Waals surface area contributed by atoms with E-state index in [1.165, 1.54) is 25.6 Å². The molecule has 3 rings (SSSR count). The Hall–Kier alpha value is -2.93. The highest BCUT2D eigenvalue weighted by atomic mass is 35.5. The van der Waals surface area contributed by atoms with Gasteiger partial charge in [-0.3, -0.25) is 4.79 Å². The number of pyridine rings is 1. The van der Waals surface area contributed by atoms with Gasteiger partial charge < -0.3 is 14.5 Å². The average Bonchev–Trinajstić information content (AvgIpc) is 3.04. The minimum Gasteiger partial charge on any atom is -0.449 e. The zero-order chi connectivity index (χ0) is 17.1. The summed E-state index contributed by atoms with van der Waals surface area (Å²) in [4.78, 5) is 32.1. The minimum absolute atomic E-state index is 0.267.